The van der Waals surface area contributed by atoms with E-state index in [0.717, 1.165) is 17.3 Å². The molecule has 0 saturated carbocycles. The summed E-state index contributed by atoms with van der Waals surface area (Å²) in [4.78, 5) is 7.12. The van der Waals surface area contributed by atoms with Gasteiger partial charge < -0.3 is 20.4 Å². The molecular formula is C14H18N4OS. The summed E-state index contributed by atoms with van der Waals surface area (Å²) in [6, 6.07) is 7.69. The molecule has 0 aliphatic rings. The summed E-state index contributed by atoms with van der Waals surface area (Å²) < 4.78 is 5.58. The van der Waals surface area contributed by atoms with Crippen molar-refractivity contribution in [2.75, 3.05) is 5.32 Å². The van der Waals surface area contributed by atoms with Gasteiger partial charge in [0.2, 0.25) is 0 Å². The Labute approximate surface area is 123 Å². The van der Waals surface area contributed by atoms with Gasteiger partial charge >= 0.3 is 0 Å². The van der Waals surface area contributed by atoms with Crippen LogP contribution in [0.25, 0.3) is 0 Å². The number of thiocarbonyl (C=S) groups is 1. The topological polar surface area (TPSA) is 62.0 Å². The zero-order chi connectivity index (χ0) is 14.4. The smallest absolute Gasteiger partial charge is 0.171 e. The summed E-state index contributed by atoms with van der Waals surface area (Å²) in [7, 11) is 0. The van der Waals surface area contributed by atoms with Gasteiger partial charge in [0.25, 0.3) is 0 Å². The highest BCUT2D eigenvalue weighted by Crippen LogP contribution is 2.16. The van der Waals surface area contributed by atoms with Crippen LogP contribution in [0.5, 0.6) is 5.75 Å². The van der Waals surface area contributed by atoms with E-state index in [1.54, 1.807) is 12.4 Å². The maximum atomic E-state index is 5.58. The van der Waals surface area contributed by atoms with Crippen molar-refractivity contribution in [3.8, 4) is 5.75 Å². The molecule has 0 saturated heterocycles. The molecule has 0 aliphatic carbocycles. The first-order valence-electron chi connectivity index (χ1n) is 6.43. The lowest BCUT2D eigenvalue weighted by Crippen LogP contribution is -2.28. The molecule has 20 heavy (non-hydrogen) atoms. The van der Waals surface area contributed by atoms with E-state index in [-0.39, 0.29) is 6.10 Å². The monoisotopic (exact) mass is 290 g/mol. The number of nitrogens with one attached hydrogen (secondary N) is 3. The average Bonchev–Trinajstić information content (AvgIpc) is 2.91. The maximum absolute atomic E-state index is 5.58. The molecular weight excluding hydrogens is 272 g/mol. The molecule has 1 aromatic heterocycles. The van der Waals surface area contributed by atoms with Crippen LogP contribution in [0.3, 0.4) is 0 Å². The number of imidazole rings is 1. The van der Waals surface area contributed by atoms with Gasteiger partial charge in [-0.25, -0.2) is 4.98 Å². The fraction of sp³-hybridized carbons (Fsp3) is 0.286. The SMILES string of the molecule is CC(C)Oc1ccc(NC(=S)NCc2ncc[nH]2)cc1. The van der Waals surface area contributed by atoms with Gasteiger partial charge in [-0.2, -0.15) is 0 Å². The van der Waals surface area contributed by atoms with Crippen molar-refractivity contribution in [1.82, 2.24) is 15.3 Å². The minimum Gasteiger partial charge on any atom is -0.491 e. The molecule has 0 fully saturated rings. The van der Waals surface area contributed by atoms with Crippen LogP contribution in [0, 0.1) is 0 Å². The van der Waals surface area contributed by atoms with Gasteiger partial charge in [-0.15, -0.1) is 0 Å². The first-order valence-corrected chi connectivity index (χ1v) is 6.84. The molecule has 0 radical (unpaired) electrons. The van der Waals surface area contributed by atoms with Crippen LogP contribution in [0.1, 0.15) is 19.7 Å². The van der Waals surface area contributed by atoms with Crippen molar-refractivity contribution in [3.63, 3.8) is 0 Å². The average molecular weight is 290 g/mol. The molecule has 0 atom stereocenters. The van der Waals surface area contributed by atoms with Crippen LogP contribution >= 0.6 is 12.2 Å². The first kappa shape index (κ1) is 14.3. The lowest BCUT2D eigenvalue weighted by atomic mass is 10.3. The molecule has 3 N–H and O–H groups in total. The number of benzene rings is 1. The summed E-state index contributed by atoms with van der Waals surface area (Å²) in [6.07, 6.45) is 3.66. The number of hydrogen-bond donors (Lipinski definition) is 3. The Kier molecular flexibility index (Phi) is 4.95. The van der Waals surface area contributed by atoms with E-state index in [1.807, 2.05) is 38.1 Å². The standard InChI is InChI=1S/C14H18N4OS/c1-10(2)19-12-5-3-11(4-6-12)18-14(20)17-9-13-15-7-8-16-13/h3-8,10H,9H2,1-2H3,(H,15,16)(H2,17,18,20). The van der Waals surface area contributed by atoms with Crippen LogP contribution in [0.15, 0.2) is 36.7 Å². The highest BCUT2D eigenvalue weighted by Gasteiger charge is 2.01. The minimum atomic E-state index is 0.171. The second-order valence-electron chi connectivity index (χ2n) is 4.53. The molecule has 0 unspecified atom stereocenters. The maximum Gasteiger partial charge on any atom is 0.171 e. The van der Waals surface area contributed by atoms with Crippen LogP contribution in [-0.2, 0) is 6.54 Å². The third-order valence-electron chi connectivity index (χ3n) is 2.46. The Morgan fingerprint density at radius 2 is 2.10 bits per heavy atom. The fourth-order valence-electron chi connectivity index (χ4n) is 1.62. The molecule has 5 nitrogen and oxygen atoms in total. The van der Waals surface area contributed by atoms with Gasteiger partial charge in [-0.05, 0) is 50.3 Å². The lowest BCUT2D eigenvalue weighted by Gasteiger charge is -2.12. The second kappa shape index (κ2) is 6.91. The number of nitrogens with zero attached hydrogens (tertiary/aromatic N) is 1. The quantitative estimate of drug-likeness (QED) is 0.739. The van der Waals surface area contributed by atoms with E-state index >= 15 is 0 Å². The summed E-state index contributed by atoms with van der Waals surface area (Å²) in [5, 5.41) is 6.74. The summed E-state index contributed by atoms with van der Waals surface area (Å²) in [5.74, 6) is 1.69. The molecule has 0 bridgehead atoms. The number of H-pyrrole nitrogens is 1. The Balaban J connectivity index is 1.81. The minimum absolute atomic E-state index is 0.171. The fourth-order valence-corrected chi connectivity index (χ4v) is 1.81. The predicted octanol–water partition coefficient (Wildman–Crippen LogP) is 2.68. The summed E-state index contributed by atoms with van der Waals surface area (Å²) in [6.45, 7) is 4.56. The Morgan fingerprint density at radius 1 is 1.35 bits per heavy atom. The van der Waals surface area contributed by atoms with E-state index in [0.29, 0.717) is 11.7 Å². The second-order valence-corrected chi connectivity index (χ2v) is 4.94. The molecule has 1 aromatic carbocycles. The summed E-state index contributed by atoms with van der Waals surface area (Å²) >= 11 is 5.22. The highest BCUT2D eigenvalue weighted by atomic mass is 32.1. The highest BCUT2D eigenvalue weighted by molar-refractivity contribution is 7.80. The zero-order valence-corrected chi connectivity index (χ0v) is 12.3. The van der Waals surface area contributed by atoms with Crippen molar-refractivity contribution in [2.45, 2.75) is 26.5 Å². The van der Waals surface area contributed by atoms with E-state index in [4.69, 9.17) is 17.0 Å². The van der Waals surface area contributed by atoms with E-state index in [2.05, 4.69) is 20.6 Å². The van der Waals surface area contributed by atoms with Crippen LogP contribution in [0.2, 0.25) is 0 Å². The van der Waals surface area contributed by atoms with Crippen LogP contribution < -0.4 is 15.4 Å². The first-order chi connectivity index (χ1) is 9.63. The molecule has 0 spiro atoms. The largest absolute Gasteiger partial charge is 0.491 e. The van der Waals surface area contributed by atoms with Gasteiger partial charge in [-0.1, -0.05) is 0 Å². The van der Waals surface area contributed by atoms with Crippen molar-refractivity contribution in [3.05, 3.63) is 42.5 Å². The molecule has 2 rings (SSSR count). The van der Waals surface area contributed by atoms with Crippen LogP contribution in [0.4, 0.5) is 5.69 Å². The lowest BCUT2D eigenvalue weighted by molar-refractivity contribution is 0.242. The number of aromatic amines is 1. The number of aromatic nitrogens is 2. The number of rotatable bonds is 5. The number of hydrogen-bond acceptors (Lipinski definition) is 3. The normalized spacial score (nSPS) is 10.3. The molecule has 1 heterocycles. The molecule has 106 valence electrons. The third-order valence-corrected chi connectivity index (χ3v) is 2.70. The van der Waals surface area contributed by atoms with Gasteiger partial charge in [0.1, 0.15) is 11.6 Å². The van der Waals surface area contributed by atoms with Crippen molar-refractivity contribution >= 4 is 23.0 Å². The Morgan fingerprint density at radius 3 is 2.70 bits per heavy atom. The van der Waals surface area contributed by atoms with Gasteiger partial charge in [0, 0.05) is 18.1 Å². The van der Waals surface area contributed by atoms with E-state index in [1.165, 1.54) is 0 Å². The van der Waals surface area contributed by atoms with Crippen molar-refractivity contribution in [2.24, 2.45) is 0 Å². The summed E-state index contributed by atoms with van der Waals surface area (Å²) in [5.41, 5.74) is 0.915. The molecule has 0 amide bonds. The van der Waals surface area contributed by atoms with Crippen molar-refractivity contribution < 1.29 is 4.74 Å². The van der Waals surface area contributed by atoms with Gasteiger partial charge in [-0.3, -0.25) is 0 Å². The zero-order valence-electron chi connectivity index (χ0n) is 11.5. The van der Waals surface area contributed by atoms with E-state index < -0.39 is 0 Å². The van der Waals surface area contributed by atoms with Gasteiger partial charge in [0.15, 0.2) is 5.11 Å². The van der Waals surface area contributed by atoms with Crippen LogP contribution in [-0.4, -0.2) is 21.2 Å². The molecule has 0 aliphatic heterocycles. The number of ether oxygens (including phenoxy) is 1. The predicted molar refractivity (Wildman–Crippen MR) is 83.9 cm³/mol. The van der Waals surface area contributed by atoms with E-state index in [9.17, 15) is 0 Å². The molecule has 2 aromatic rings. The van der Waals surface area contributed by atoms with Crippen molar-refractivity contribution in [1.29, 1.82) is 0 Å². The number of anilines is 1. The van der Waals surface area contributed by atoms with Gasteiger partial charge in [0.05, 0.1) is 12.6 Å². The third kappa shape index (κ3) is 4.55. The molecule has 6 heteroatoms. The Hall–Kier alpha value is -2.08. The Bertz CT molecular complexity index is 537.